The molecule has 1 aromatic heterocycles. The van der Waals surface area contributed by atoms with Crippen LogP contribution in [0.4, 0.5) is 4.39 Å². The van der Waals surface area contributed by atoms with Crippen LogP contribution in [0, 0.1) is 5.82 Å². The SMILES string of the molecule is CCOC(=O)c1c(C(C)C)c(-c2ccc(F)cc2)c(C=O)n1CC.CN(C)C=O. The fourth-order valence-electron chi connectivity index (χ4n) is 3.01. The van der Waals surface area contributed by atoms with Gasteiger partial charge in [0.15, 0.2) is 6.29 Å². The van der Waals surface area contributed by atoms with Gasteiger partial charge in [0.05, 0.1) is 12.3 Å². The Hall–Kier alpha value is -2.96. The van der Waals surface area contributed by atoms with Crippen LogP contribution in [0.25, 0.3) is 11.1 Å². The number of hydrogen-bond acceptors (Lipinski definition) is 4. The van der Waals surface area contributed by atoms with E-state index in [1.807, 2.05) is 20.8 Å². The van der Waals surface area contributed by atoms with Crippen LogP contribution in [-0.2, 0) is 16.1 Å². The Morgan fingerprint density at radius 2 is 1.72 bits per heavy atom. The monoisotopic (exact) mass is 404 g/mol. The van der Waals surface area contributed by atoms with E-state index in [-0.39, 0.29) is 18.3 Å². The topological polar surface area (TPSA) is 68.6 Å². The molecule has 0 N–H and O–H groups in total. The summed E-state index contributed by atoms with van der Waals surface area (Å²) in [5, 5.41) is 0. The van der Waals surface area contributed by atoms with Crippen molar-refractivity contribution in [3.63, 3.8) is 0 Å². The Morgan fingerprint density at radius 1 is 1.17 bits per heavy atom. The summed E-state index contributed by atoms with van der Waals surface area (Å²) < 4.78 is 20.1. The third-order valence-electron chi connectivity index (χ3n) is 4.16. The van der Waals surface area contributed by atoms with Crippen LogP contribution >= 0.6 is 0 Å². The Morgan fingerprint density at radius 3 is 2.10 bits per heavy atom. The molecule has 0 saturated carbocycles. The molecule has 6 nitrogen and oxygen atoms in total. The maximum Gasteiger partial charge on any atom is 0.355 e. The quantitative estimate of drug-likeness (QED) is 0.514. The Labute approximate surface area is 171 Å². The highest BCUT2D eigenvalue weighted by Crippen LogP contribution is 2.37. The number of carbonyl (C=O) groups is 3. The van der Waals surface area contributed by atoms with Gasteiger partial charge in [0.1, 0.15) is 11.5 Å². The molecule has 1 aromatic carbocycles. The summed E-state index contributed by atoms with van der Waals surface area (Å²) in [5.74, 6) is -0.798. The van der Waals surface area contributed by atoms with Gasteiger partial charge in [-0.1, -0.05) is 26.0 Å². The molecule has 0 spiro atoms. The molecule has 2 aromatic rings. The minimum absolute atomic E-state index is 0.00374. The first-order chi connectivity index (χ1) is 13.7. The lowest BCUT2D eigenvalue weighted by Gasteiger charge is -2.12. The Balaban J connectivity index is 0.000000749. The van der Waals surface area contributed by atoms with Crippen molar-refractivity contribution in [2.45, 2.75) is 40.2 Å². The van der Waals surface area contributed by atoms with E-state index in [1.54, 1.807) is 37.7 Å². The molecule has 0 aliphatic heterocycles. The number of carbonyl (C=O) groups excluding carboxylic acids is 3. The smallest absolute Gasteiger partial charge is 0.355 e. The van der Waals surface area contributed by atoms with Crippen molar-refractivity contribution >= 4 is 18.7 Å². The molecule has 0 unspecified atom stereocenters. The highest BCUT2D eigenvalue weighted by atomic mass is 19.1. The average molecular weight is 404 g/mol. The van der Waals surface area contributed by atoms with Crippen LogP contribution in [0.2, 0.25) is 0 Å². The Kier molecular flexibility index (Phi) is 9.25. The van der Waals surface area contributed by atoms with Crippen molar-refractivity contribution in [1.82, 2.24) is 9.47 Å². The molecule has 0 radical (unpaired) electrons. The number of aldehydes is 1. The van der Waals surface area contributed by atoms with Gasteiger partial charge in [-0.3, -0.25) is 9.59 Å². The molecular formula is C22H29FN2O4. The van der Waals surface area contributed by atoms with Crippen molar-refractivity contribution in [2.75, 3.05) is 20.7 Å². The zero-order chi connectivity index (χ0) is 22.1. The molecule has 7 heteroatoms. The van der Waals surface area contributed by atoms with Gasteiger partial charge < -0.3 is 14.2 Å². The normalized spacial score (nSPS) is 10.2. The number of rotatable bonds is 7. The first-order valence-corrected chi connectivity index (χ1v) is 9.49. The van der Waals surface area contributed by atoms with E-state index in [2.05, 4.69) is 0 Å². The second-order valence-electron chi connectivity index (χ2n) is 6.84. The molecule has 0 fully saturated rings. The zero-order valence-corrected chi connectivity index (χ0v) is 17.9. The number of nitrogens with zero attached hydrogens (tertiary/aromatic N) is 2. The van der Waals surface area contributed by atoms with Gasteiger partial charge in [0, 0.05) is 26.2 Å². The predicted octanol–water partition coefficient (Wildman–Crippen LogP) is 4.13. The lowest BCUT2D eigenvalue weighted by Crippen LogP contribution is -2.15. The molecule has 0 saturated heterocycles. The molecule has 158 valence electrons. The molecule has 0 bridgehead atoms. The third kappa shape index (κ3) is 5.76. The van der Waals surface area contributed by atoms with Gasteiger partial charge in [-0.15, -0.1) is 0 Å². The number of benzene rings is 1. The first kappa shape index (κ1) is 24.1. The Bertz CT molecular complexity index is 839. The van der Waals surface area contributed by atoms with Gasteiger partial charge in [-0.25, -0.2) is 9.18 Å². The van der Waals surface area contributed by atoms with Gasteiger partial charge in [-0.05, 0) is 43.0 Å². The number of ether oxygens (including phenoxy) is 1. The number of halogens is 1. The largest absolute Gasteiger partial charge is 0.461 e. The molecule has 1 heterocycles. The van der Waals surface area contributed by atoms with Gasteiger partial charge >= 0.3 is 5.97 Å². The van der Waals surface area contributed by atoms with E-state index in [9.17, 15) is 18.8 Å². The van der Waals surface area contributed by atoms with Crippen LogP contribution in [0.3, 0.4) is 0 Å². The summed E-state index contributed by atoms with van der Waals surface area (Å²) in [6, 6.07) is 5.94. The number of aromatic nitrogens is 1. The third-order valence-corrected chi connectivity index (χ3v) is 4.16. The van der Waals surface area contributed by atoms with Crippen molar-refractivity contribution in [3.8, 4) is 11.1 Å². The summed E-state index contributed by atoms with van der Waals surface area (Å²) >= 11 is 0. The van der Waals surface area contributed by atoms with E-state index in [4.69, 9.17) is 4.74 Å². The van der Waals surface area contributed by atoms with Crippen molar-refractivity contribution in [2.24, 2.45) is 0 Å². The van der Waals surface area contributed by atoms with Crippen molar-refractivity contribution in [1.29, 1.82) is 0 Å². The van der Waals surface area contributed by atoms with Crippen LogP contribution in [-0.4, -0.2) is 48.8 Å². The summed E-state index contributed by atoms with van der Waals surface area (Å²) in [5.41, 5.74) is 2.94. The van der Waals surface area contributed by atoms with E-state index < -0.39 is 5.97 Å². The predicted molar refractivity (Wildman–Crippen MR) is 111 cm³/mol. The average Bonchev–Trinajstić information content (AvgIpc) is 3.03. The summed E-state index contributed by atoms with van der Waals surface area (Å²) in [6.07, 6.45) is 1.50. The van der Waals surface area contributed by atoms with E-state index in [0.29, 0.717) is 29.1 Å². The maximum absolute atomic E-state index is 13.3. The molecule has 2 rings (SSSR count). The summed E-state index contributed by atoms with van der Waals surface area (Å²) in [4.78, 5) is 35.1. The lowest BCUT2D eigenvalue weighted by molar-refractivity contribution is -0.115. The molecular weight excluding hydrogens is 375 g/mol. The van der Waals surface area contributed by atoms with Gasteiger partial charge in [-0.2, -0.15) is 0 Å². The van der Waals surface area contributed by atoms with Crippen LogP contribution in [0.15, 0.2) is 24.3 Å². The maximum atomic E-state index is 13.3. The van der Waals surface area contributed by atoms with Crippen molar-refractivity contribution in [3.05, 3.63) is 47.0 Å². The summed E-state index contributed by atoms with van der Waals surface area (Å²) in [6.45, 7) is 8.25. The fraction of sp³-hybridized carbons (Fsp3) is 0.409. The van der Waals surface area contributed by atoms with E-state index in [1.165, 1.54) is 17.0 Å². The fourth-order valence-corrected chi connectivity index (χ4v) is 3.01. The first-order valence-electron chi connectivity index (χ1n) is 9.49. The minimum atomic E-state index is -0.445. The molecule has 0 atom stereocenters. The second kappa shape index (κ2) is 11.1. The van der Waals surface area contributed by atoms with E-state index in [0.717, 1.165) is 18.3 Å². The second-order valence-corrected chi connectivity index (χ2v) is 6.84. The zero-order valence-electron chi connectivity index (χ0n) is 17.9. The molecule has 1 amide bonds. The van der Waals surface area contributed by atoms with Crippen LogP contribution in [0.5, 0.6) is 0 Å². The van der Waals surface area contributed by atoms with Crippen LogP contribution < -0.4 is 0 Å². The minimum Gasteiger partial charge on any atom is -0.461 e. The number of esters is 1. The molecule has 0 aliphatic carbocycles. The molecule has 29 heavy (non-hydrogen) atoms. The highest BCUT2D eigenvalue weighted by molar-refractivity contribution is 5.98. The lowest BCUT2D eigenvalue weighted by atomic mass is 9.93. The van der Waals surface area contributed by atoms with Crippen LogP contribution in [0.1, 0.15) is 60.2 Å². The van der Waals surface area contributed by atoms with E-state index >= 15 is 0 Å². The van der Waals surface area contributed by atoms with Gasteiger partial charge in [0.2, 0.25) is 6.41 Å². The molecule has 0 aliphatic rings. The highest BCUT2D eigenvalue weighted by Gasteiger charge is 2.29. The standard InChI is InChI=1S/C19H22FNO3.C3H7NO/c1-5-21-15(11-22)17(13-7-9-14(20)10-8-13)16(12(3)4)18(21)19(23)24-6-2;1-4(2)3-5/h7-12H,5-6H2,1-4H3;3H,1-2H3. The number of amides is 1. The number of hydrogen-bond donors (Lipinski definition) is 0. The van der Waals surface area contributed by atoms with Crippen molar-refractivity contribution < 1.29 is 23.5 Å². The van der Waals surface area contributed by atoms with Gasteiger partial charge in [0.25, 0.3) is 0 Å². The summed E-state index contributed by atoms with van der Waals surface area (Å²) in [7, 11) is 3.38.